The molecule has 1 aromatic rings. The molecule has 0 saturated heterocycles. The molecule has 2 atom stereocenters. The minimum absolute atomic E-state index is 0.108. The van der Waals surface area contributed by atoms with Crippen LogP contribution in [0.3, 0.4) is 0 Å². The first-order chi connectivity index (χ1) is 8.75. The van der Waals surface area contributed by atoms with Crippen molar-refractivity contribution in [2.24, 2.45) is 5.92 Å². The van der Waals surface area contributed by atoms with Crippen LogP contribution in [0.2, 0.25) is 0 Å². The Morgan fingerprint density at radius 3 is 2.42 bits per heavy atom. The molecule has 5 heteroatoms. The summed E-state index contributed by atoms with van der Waals surface area (Å²) in [5.74, 6) is -1.11. The molecule has 1 rings (SSSR count). The van der Waals surface area contributed by atoms with Crippen LogP contribution in [-0.2, 0) is 6.18 Å². The van der Waals surface area contributed by atoms with E-state index in [-0.39, 0.29) is 11.5 Å². The van der Waals surface area contributed by atoms with Crippen molar-refractivity contribution in [2.75, 3.05) is 0 Å². The Morgan fingerprint density at radius 2 is 1.89 bits per heavy atom. The number of hydrogen-bond acceptors (Lipinski definition) is 1. The predicted octanol–water partition coefficient (Wildman–Crippen LogP) is 4.70. The molecule has 0 heterocycles. The highest BCUT2D eigenvalue weighted by Gasteiger charge is 2.34. The van der Waals surface area contributed by atoms with Gasteiger partial charge in [0.1, 0.15) is 5.82 Å². The normalized spacial score (nSPS) is 15.3. The van der Waals surface area contributed by atoms with Crippen molar-refractivity contribution >= 4 is 0 Å². The SMILES string of the molecule is CCCC(C)CC(O)c1ccc(F)c(C(F)(F)F)c1. The van der Waals surface area contributed by atoms with E-state index in [4.69, 9.17) is 0 Å². The van der Waals surface area contributed by atoms with E-state index in [2.05, 4.69) is 0 Å². The fourth-order valence-electron chi connectivity index (χ4n) is 2.10. The maximum Gasteiger partial charge on any atom is 0.419 e. The summed E-state index contributed by atoms with van der Waals surface area (Å²) in [6.45, 7) is 3.93. The van der Waals surface area contributed by atoms with Crippen molar-refractivity contribution in [2.45, 2.75) is 45.4 Å². The summed E-state index contributed by atoms with van der Waals surface area (Å²) in [6, 6.07) is 2.65. The monoisotopic (exact) mass is 278 g/mol. The lowest BCUT2D eigenvalue weighted by Crippen LogP contribution is -2.11. The number of halogens is 4. The number of aliphatic hydroxyl groups excluding tert-OH is 1. The number of hydrogen-bond donors (Lipinski definition) is 1. The molecule has 0 saturated carbocycles. The van der Waals surface area contributed by atoms with Crippen molar-refractivity contribution in [1.29, 1.82) is 0 Å². The third-order valence-electron chi connectivity index (χ3n) is 3.09. The number of benzene rings is 1. The molecule has 0 aliphatic rings. The van der Waals surface area contributed by atoms with E-state index in [0.29, 0.717) is 12.5 Å². The third kappa shape index (κ3) is 4.49. The highest BCUT2D eigenvalue weighted by molar-refractivity contribution is 5.28. The average molecular weight is 278 g/mol. The molecule has 1 aromatic carbocycles. The first-order valence-corrected chi connectivity index (χ1v) is 6.30. The standard InChI is InChI=1S/C14H18F4O/c1-3-4-9(2)7-13(19)10-5-6-12(15)11(8-10)14(16,17)18/h5-6,8-9,13,19H,3-4,7H2,1-2H3. The molecule has 1 nitrogen and oxygen atoms in total. The van der Waals surface area contributed by atoms with Gasteiger partial charge in [-0.1, -0.05) is 32.8 Å². The summed E-state index contributed by atoms with van der Waals surface area (Å²) >= 11 is 0. The zero-order chi connectivity index (χ0) is 14.6. The summed E-state index contributed by atoms with van der Waals surface area (Å²) in [4.78, 5) is 0. The molecule has 0 bridgehead atoms. The van der Waals surface area contributed by atoms with E-state index in [9.17, 15) is 22.7 Å². The van der Waals surface area contributed by atoms with Gasteiger partial charge in [-0.3, -0.25) is 0 Å². The quantitative estimate of drug-likeness (QED) is 0.774. The highest BCUT2D eigenvalue weighted by atomic mass is 19.4. The third-order valence-corrected chi connectivity index (χ3v) is 3.09. The molecule has 108 valence electrons. The van der Waals surface area contributed by atoms with Gasteiger partial charge in [0.05, 0.1) is 11.7 Å². The van der Waals surface area contributed by atoms with Crippen molar-refractivity contribution in [1.82, 2.24) is 0 Å². The van der Waals surface area contributed by atoms with Gasteiger partial charge in [0.15, 0.2) is 0 Å². The summed E-state index contributed by atoms with van der Waals surface area (Å²) in [7, 11) is 0. The largest absolute Gasteiger partial charge is 0.419 e. The molecule has 0 aromatic heterocycles. The van der Waals surface area contributed by atoms with Gasteiger partial charge in [-0.15, -0.1) is 0 Å². The van der Waals surface area contributed by atoms with Crippen LogP contribution in [0, 0.1) is 11.7 Å². The first-order valence-electron chi connectivity index (χ1n) is 6.30. The van der Waals surface area contributed by atoms with Gasteiger partial charge in [-0.2, -0.15) is 13.2 Å². The Balaban J connectivity index is 2.90. The van der Waals surface area contributed by atoms with Crippen molar-refractivity contribution in [3.05, 3.63) is 35.1 Å². The van der Waals surface area contributed by atoms with Crippen LogP contribution in [0.5, 0.6) is 0 Å². The van der Waals surface area contributed by atoms with Crippen LogP contribution >= 0.6 is 0 Å². The lowest BCUT2D eigenvalue weighted by molar-refractivity contribution is -0.140. The molecule has 0 aliphatic carbocycles. The van der Waals surface area contributed by atoms with Crippen molar-refractivity contribution < 1.29 is 22.7 Å². The molecule has 0 spiro atoms. The fourth-order valence-corrected chi connectivity index (χ4v) is 2.10. The second-order valence-corrected chi connectivity index (χ2v) is 4.88. The lowest BCUT2D eigenvalue weighted by atomic mass is 9.94. The molecule has 0 amide bonds. The average Bonchev–Trinajstić information content (AvgIpc) is 2.27. The van der Waals surface area contributed by atoms with Crippen LogP contribution in [0.15, 0.2) is 18.2 Å². The summed E-state index contributed by atoms with van der Waals surface area (Å²) in [5.41, 5.74) is -1.22. The zero-order valence-corrected chi connectivity index (χ0v) is 11.0. The van der Waals surface area contributed by atoms with Crippen LogP contribution in [0.1, 0.15) is 50.3 Å². The zero-order valence-electron chi connectivity index (χ0n) is 11.0. The van der Waals surface area contributed by atoms with E-state index in [1.165, 1.54) is 6.07 Å². The van der Waals surface area contributed by atoms with E-state index in [1.807, 2.05) is 13.8 Å². The molecule has 19 heavy (non-hydrogen) atoms. The molecule has 2 unspecified atom stereocenters. The van der Waals surface area contributed by atoms with Gasteiger partial charge in [0, 0.05) is 0 Å². The van der Waals surface area contributed by atoms with Crippen molar-refractivity contribution in [3.63, 3.8) is 0 Å². The van der Waals surface area contributed by atoms with E-state index >= 15 is 0 Å². The smallest absolute Gasteiger partial charge is 0.388 e. The maximum absolute atomic E-state index is 13.1. The second-order valence-electron chi connectivity index (χ2n) is 4.88. The minimum Gasteiger partial charge on any atom is -0.388 e. The summed E-state index contributed by atoms with van der Waals surface area (Å²) in [6.07, 6.45) is -3.52. The maximum atomic E-state index is 13.1. The van der Waals surface area contributed by atoms with Crippen LogP contribution in [0.25, 0.3) is 0 Å². The van der Waals surface area contributed by atoms with E-state index in [1.54, 1.807) is 0 Å². The molecule has 0 fully saturated rings. The first kappa shape index (κ1) is 16.0. The van der Waals surface area contributed by atoms with Gasteiger partial charge < -0.3 is 5.11 Å². The van der Waals surface area contributed by atoms with Gasteiger partial charge in [-0.05, 0) is 30.0 Å². The molecular weight excluding hydrogens is 260 g/mol. The Hall–Kier alpha value is -1.10. The van der Waals surface area contributed by atoms with Crippen LogP contribution < -0.4 is 0 Å². The topological polar surface area (TPSA) is 20.2 Å². The molecule has 0 aliphatic heterocycles. The van der Waals surface area contributed by atoms with E-state index < -0.39 is 23.7 Å². The number of alkyl halides is 3. The summed E-state index contributed by atoms with van der Waals surface area (Å²) < 4.78 is 50.8. The minimum atomic E-state index is -4.74. The van der Waals surface area contributed by atoms with Crippen molar-refractivity contribution in [3.8, 4) is 0 Å². The molecular formula is C14H18F4O. The predicted molar refractivity (Wildman–Crippen MR) is 65.1 cm³/mol. The van der Waals surface area contributed by atoms with Gasteiger partial charge >= 0.3 is 6.18 Å². The van der Waals surface area contributed by atoms with E-state index in [0.717, 1.165) is 18.9 Å². The number of rotatable bonds is 5. The molecule has 1 N–H and O–H groups in total. The Morgan fingerprint density at radius 1 is 1.26 bits per heavy atom. The van der Waals surface area contributed by atoms with Crippen LogP contribution in [0.4, 0.5) is 17.6 Å². The molecule has 0 radical (unpaired) electrons. The lowest BCUT2D eigenvalue weighted by Gasteiger charge is -2.17. The second kappa shape index (κ2) is 6.37. The van der Waals surface area contributed by atoms with Gasteiger partial charge in [0.25, 0.3) is 0 Å². The van der Waals surface area contributed by atoms with Crippen LogP contribution in [-0.4, -0.2) is 5.11 Å². The summed E-state index contributed by atoms with van der Waals surface area (Å²) in [5, 5.41) is 9.91. The fraction of sp³-hybridized carbons (Fsp3) is 0.571. The number of aliphatic hydroxyl groups is 1. The Labute approximate surface area is 110 Å². The Bertz CT molecular complexity index is 414. The highest BCUT2D eigenvalue weighted by Crippen LogP contribution is 2.34. The van der Waals surface area contributed by atoms with Gasteiger partial charge in [-0.25, -0.2) is 4.39 Å². The Kier molecular flexibility index (Phi) is 5.35. The van der Waals surface area contributed by atoms with Gasteiger partial charge in [0.2, 0.25) is 0 Å².